The molecule has 0 bridgehead atoms. The molecule has 2 atom stereocenters. The Morgan fingerprint density at radius 1 is 0.617 bits per heavy atom. The van der Waals surface area contributed by atoms with Crippen molar-refractivity contribution < 1.29 is 29.3 Å². The quantitative estimate of drug-likeness (QED) is 0.197. The van der Waals surface area contributed by atoms with Crippen LogP contribution in [0.15, 0.2) is 151 Å². The molecule has 0 saturated heterocycles. The molecule has 0 unspecified atom stereocenters. The zero-order valence-corrected chi connectivity index (χ0v) is 26.1. The summed E-state index contributed by atoms with van der Waals surface area (Å²) in [6.45, 7) is 3.65. The molecule has 47 heavy (non-hydrogen) atoms. The average Bonchev–Trinajstić information content (AvgIpc) is 3.55. The van der Waals surface area contributed by atoms with Gasteiger partial charge in [-0.2, -0.15) is 0 Å². The van der Waals surface area contributed by atoms with Gasteiger partial charge in [0.15, 0.2) is 0 Å². The molecule has 1 heterocycles. The van der Waals surface area contributed by atoms with E-state index in [0.29, 0.717) is 40.0 Å². The number of carbonyl (C=O) groups excluding carboxylic acids is 2. The molecular formula is C41H34O6. The maximum atomic E-state index is 13.4. The molecule has 0 fully saturated rings. The zero-order chi connectivity index (χ0) is 33.0. The normalized spacial score (nSPS) is 21.4. The molecule has 2 aliphatic rings. The van der Waals surface area contributed by atoms with Gasteiger partial charge >= 0.3 is 11.9 Å². The Kier molecular flexibility index (Phi) is 8.72. The Balaban J connectivity index is 0.000000591. The van der Waals surface area contributed by atoms with Gasteiger partial charge in [0.1, 0.15) is 17.0 Å². The first-order chi connectivity index (χ1) is 22.8. The topological polar surface area (TPSA) is 93.1 Å². The van der Waals surface area contributed by atoms with Gasteiger partial charge in [0.05, 0.1) is 17.7 Å². The van der Waals surface area contributed by atoms with Crippen LogP contribution in [0, 0.1) is 0 Å². The minimum Gasteiger partial charge on any atom is -0.466 e. The SMILES string of the molecule is CCOC(C)=O.O=C1OC(=C2[C@@](O)(c3ccccc3)C(c3ccccc3)=C(c3ccccc3)[C@@]2(O)c2ccccc2)c2ccccc21. The maximum absolute atomic E-state index is 13.4. The fraction of sp³-hybridized carbons (Fsp3) is 0.122. The molecule has 7 rings (SSSR count). The van der Waals surface area contributed by atoms with Crippen molar-refractivity contribution in [3.63, 3.8) is 0 Å². The second-order valence-corrected chi connectivity index (χ2v) is 11.2. The van der Waals surface area contributed by atoms with E-state index in [1.54, 1.807) is 25.1 Å². The van der Waals surface area contributed by atoms with Crippen molar-refractivity contribution in [3.8, 4) is 0 Å². The van der Waals surface area contributed by atoms with Gasteiger partial charge in [-0.1, -0.05) is 140 Å². The van der Waals surface area contributed by atoms with Gasteiger partial charge in [-0.3, -0.25) is 4.79 Å². The molecule has 0 amide bonds. The molecular weight excluding hydrogens is 588 g/mol. The van der Waals surface area contributed by atoms with E-state index in [0.717, 1.165) is 11.1 Å². The second kappa shape index (κ2) is 13.0. The van der Waals surface area contributed by atoms with E-state index in [4.69, 9.17) is 4.74 Å². The van der Waals surface area contributed by atoms with Crippen molar-refractivity contribution >= 4 is 28.8 Å². The monoisotopic (exact) mass is 622 g/mol. The molecule has 0 spiro atoms. The fourth-order valence-electron chi connectivity index (χ4n) is 6.51. The molecule has 0 saturated carbocycles. The number of esters is 2. The molecule has 5 aromatic carbocycles. The summed E-state index contributed by atoms with van der Waals surface area (Å²) in [4.78, 5) is 23.0. The van der Waals surface area contributed by atoms with Crippen LogP contribution in [-0.2, 0) is 25.5 Å². The minimum atomic E-state index is -1.88. The first kappa shape index (κ1) is 31.4. The molecule has 1 aliphatic carbocycles. The predicted octanol–water partition coefficient (Wildman–Crippen LogP) is 7.54. The smallest absolute Gasteiger partial charge is 0.344 e. The first-order valence-electron chi connectivity index (χ1n) is 15.4. The van der Waals surface area contributed by atoms with Crippen molar-refractivity contribution in [3.05, 3.63) is 185 Å². The lowest BCUT2D eigenvalue weighted by atomic mass is 9.74. The highest BCUT2D eigenvalue weighted by Gasteiger charge is 2.62. The fourth-order valence-corrected chi connectivity index (χ4v) is 6.51. The predicted molar refractivity (Wildman–Crippen MR) is 181 cm³/mol. The maximum Gasteiger partial charge on any atom is 0.344 e. The van der Waals surface area contributed by atoms with E-state index in [9.17, 15) is 19.8 Å². The number of rotatable bonds is 5. The van der Waals surface area contributed by atoms with Crippen LogP contribution in [-0.4, -0.2) is 28.8 Å². The Hall–Kier alpha value is -5.56. The van der Waals surface area contributed by atoms with Crippen molar-refractivity contribution in [1.29, 1.82) is 0 Å². The number of ether oxygens (including phenoxy) is 2. The van der Waals surface area contributed by atoms with Crippen molar-refractivity contribution in [2.24, 2.45) is 0 Å². The Morgan fingerprint density at radius 2 is 1.00 bits per heavy atom. The summed E-state index contributed by atoms with van der Waals surface area (Å²) >= 11 is 0. The number of fused-ring (bicyclic) bond motifs is 1. The van der Waals surface area contributed by atoms with Gasteiger partial charge in [0, 0.05) is 23.6 Å². The van der Waals surface area contributed by atoms with Crippen molar-refractivity contribution in [2.75, 3.05) is 6.61 Å². The van der Waals surface area contributed by atoms with E-state index in [1.165, 1.54) is 6.92 Å². The van der Waals surface area contributed by atoms with Gasteiger partial charge in [0.2, 0.25) is 0 Å². The van der Waals surface area contributed by atoms with Crippen LogP contribution >= 0.6 is 0 Å². The van der Waals surface area contributed by atoms with Crippen LogP contribution in [0.25, 0.3) is 16.9 Å². The van der Waals surface area contributed by atoms with Gasteiger partial charge in [-0.15, -0.1) is 0 Å². The van der Waals surface area contributed by atoms with Gasteiger partial charge in [-0.25, -0.2) is 4.79 Å². The largest absolute Gasteiger partial charge is 0.466 e. The number of hydrogen-bond acceptors (Lipinski definition) is 6. The Morgan fingerprint density at radius 3 is 1.38 bits per heavy atom. The Bertz CT molecular complexity index is 1870. The summed E-state index contributed by atoms with van der Waals surface area (Å²) in [6, 6.07) is 44.8. The van der Waals surface area contributed by atoms with Crippen LogP contribution in [0.2, 0.25) is 0 Å². The summed E-state index contributed by atoms with van der Waals surface area (Å²) in [5.41, 5.74) is 0.919. The molecule has 1 aliphatic heterocycles. The standard InChI is InChI=1S/C37H26O4.C4H8O2/c38-35-30-24-14-13-23-29(30)33(41-35)34-36(39,27-19-9-3-10-20-27)31(25-15-5-1-6-16-25)32(26-17-7-2-8-18-26)37(34,40)28-21-11-4-12-22-28;1-3-6-4(2)5/h1-24,39-40H;3H2,1-2H3/t36-,37+;. The number of benzene rings is 5. The highest BCUT2D eigenvalue weighted by atomic mass is 16.5. The Labute approximate surface area is 273 Å². The molecule has 2 N–H and O–H groups in total. The number of hydrogen-bond donors (Lipinski definition) is 2. The van der Waals surface area contributed by atoms with Gasteiger partial charge in [-0.05, 0) is 35.2 Å². The summed E-state index contributed by atoms with van der Waals surface area (Å²) in [7, 11) is 0. The molecule has 0 aromatic heterocycles. The lowest BCUT2D eigenvalue weighted by Crippen LogP contribution is -2.37. The summed E-state index contributed by atoms with van der Waals surface area (Å²) < 4.78 is 10.4. The van der Waals surface area contributed by atoms with Crippen LogP contribution < -0.4 is 0 Å². The van der Waals surface area contributed by atoms with Gasteiger partial charge in [0.25, 0.3) is 0 Å². The third-order valence-electron chi connectivity index (χ3n) is 8.37. The second-order valence-electron chi connectivity index (χ2n) is 11.2. The van der Waals surface area contributed by atoms with Gasteiger partial charge < -0.3 is 19.7 Å². The molecule has 6 heteroatoms. The molecule has 6 nitrogen and oxygen atoms in total. The third-order valence-corrected chi connectivity index (χ3v) is 8.37. The summed E-state index contributed by atoms with van der Waals surface area (Å²) in [6.07, 6.45) is 0. The van der Waals surface area contributed by atoms with Crippen molar-refractivity contribution in [1.82, 2.24) is 0 Å². The van der Waals surface area contributed by atoms with Crippen LogP contribution in [0.4, 0.5) is 0 Å². The summed E-state index contributed by atoms with van der Waals surface area (Å²) in [5.74, 6) is -0.580. The number of carbonyl (C=O) groups is 2. The van der Waals surface area contributed by atoms with E-state index in [2.05, 4.69) is 4.74 Å². The van der Waals surface area contributed by atoms with E-state index in [1.807, 2.05) is 127 Å². The highest BCUT2D eigenvalue weighted by Crippen LogP contribution is 2.65. The molecule has 234 valence electrons. The number of aliphatic hydroxyl groups is 2. The first-order valence-corrected chi connectivity index (χ1v) is 15.4. The van der Waals surface area contributed by atoms with Crippen LogP contribution in [0.5, 0.6) is 0 Å². The molecule has 0 radical (unpaired) electrons. The third kappa shape index (κ3) is 5.48. The van der Waals surface area contributed by atoms with Crippen LogP contribution in [0.1, 0.15) is 52.0 Å². The van der Waals surface area contributed by atoms with Crippen molar-refractivity contribution in [2.45, 2.75) is 25.0 Å². The van der Waals surface area contributed by atoms with E-state index < -0.39 is 17.2 Å². The minimum absolute atomic E-state index is 0.155. The van der Waals surface area contributed by atoms with E-state index in [-0.39, 0.29) is 17.3 Å². The lowest BCUT2D eigenvalue weighted by Gasteiger charge is -2.35. The van der Waals surface area contributed by atoms with Crippen LogP contribution in [0.3, 0.4) is 0 Å². The van der Waals surface area contributed by atoms with E-state index >= 15 is 0 Å². The number of cyclic esters (lactones) is 1. The summed E-state index contributed by atoms with van der Waals surface area (Å²) in [5, 5.41) is 26.7. The lowest BCUT2D eigenvalue weighted by molar-refractivity contribution is -0.140. The average molecular weight is 623 g/mol. The molecule has 5 aromatic rings. The zero-order valence-electron chi connectivity index (χ0n) is 26.1. The highest BCUT2D eigenvalue weighted by molar-refractivity contribution is 6.11.